The average Bonchev–Trinajstić information content (AvgIpc) is 2.40. The van der Waals surface area contributed by atoms with E-state index in [1.54, 1.807) is 0 Å². The summed E-state index contributed by atoms with van der Waals surface area (Å²) < 4.78 is 0. The van der Waals surface area contributed by atoms with Gasteiger partial charge < -0.3 is 5.32 Å². The third-order valence-corrected chi connectivity index (χ3v) is 5.66. The number of rotatable bonds is 8. The lowest BCUT2D eigenvalue weighted by molar-refractivity contribution is 0.114. The molecule has 0 aliphatic carbocycles. The number of nitrogens with one attached hydrogen (secondary N) is 1. The van der Waals surface area contributed by atoms with Crippen molar-refractivity contribution in [3.63, 3.8) is 0 Å². The zero-order valence-corrected chi connectivity index (χ0v) is 13.6. The molecule has 0 bridgehead atoms. The van der Waals surface area contributed by atoms with Crippen LogP contribution >= 0.6 is 11.8 Å². The number of thioether (sulfide) groups is 1. The van der Waals surface area contributed by atoms with Crippen molar-refractivity contribution in [2.75, 3.05) is 37.7 Å². The van der Waals surface area contributed by atoms with Gasteiger partial charge in [-0.25, -0.2) is 0 Å². The quantitative estimate of drug-likeness (QED) is 0.683. The van der Waals surface area contributed by atoms with Crippen LogP contribution in [0, 0.1) is 5.41 Å². The van der Waals surface area contributed by atoms with Crippen molar-refractivity contribution in [2.24, 2.45) is 5.41 Å². The summed E-state index contributed by atoms with van der Waals surface area (Å²) >= 11 is 2.11. The summed E-state index contributed by atoms with van der Waals surface area (Å²) in [6.45, 7) is 14.3. The summed E-state index contributed by atoms with van der Waals surface area (Å²) in [6.07, 6.45) is 3.81. The lowest BCUT2D eigenvalue weighted by Crippen LogP contribution is -2.49. The second-order valence-corrected chi connectivity index (χ2v) is 6.93. The summed E-state index contributed by atoms with van der Waals surface area (Å²) in [5.41, 5.74) is 0.478. The Labute approximate surface area is 118 Å². The maximum absolute atomic E-state index is 3.65. The molecule has 1 saturated heterocycles. The summed E-state index contributed by atoms with van der Waals surface area (Å²) in [5.74, 6) is 2.63. The van der Waals surface area contributed by atoms with Crippen molar-refractivity contribution >= 4 is 11.8 Å². The third kappa shape index (κ3) is 4.75. The molecule has 0 spiro atoms. The van der Waals surface area contributed by atoms with Gasteiger partial charge in [-0.3, -0.25) is 4.90 Å². The van der Waals surface area contributed by atoms with Crippen LogP contribution in [-0.4, -0.2) is 48.6 Å². The molecule has 0 amide bonds. The fourth-order valence-electron chi connectivity index (χ4n) is 2.74. The second-order valence-electron chi connectivity index (χ2n) is 5.78. The van der Waals surface area contributed by atoms with E-state index in [0.29, 0.717) is 5.41 Å². The molecule has 1 aliphatic heterocycles. The Morgan fingerprint density at radius 3 is 2.56 bits per heavy atom. The van der Waals surface area contributed by atoms with E-state index >= 15 is 0 Å². The van der Waals surface area contributed by atoms with Gasteiger partial charge in [-0.15, -0.1) is 0 Å². The SMILES string of the molecule is CCCNCC(CC)(CC)CN1CCSCC1C. The van der Waals surface area contributed by atoms with E-state index in [1.165, 1.54) is 50.4 Å². The van der Waals surface area contributed by atoms with Gasteiger partial charge in [0.05, 0.1) is 0 Å². The normalized spacial score (nSPS) is 22.3. The highest BCUT2D eigenvalue weighted by atomic mass is 32.2. The Morgan fingerprint density at radius 1 is 1.28 bits per heavy atom. The molecule has 108 valence electrons. The van der Waals surface area contributed by atoms with Crippen LogP contribution in [0.15, 0.2) is 0 Å². The van der Waals surface area contributed by atoms with E-state index in [9.17, 15) is 0 Å². The van der Waals surface area contributed by atoms with E-state index in [0.717, 1.165) is 12.6 Å². The van der Waals surface area contributed by atoms with Crippen molar-refractivity contribution in [3.05, 3.63) is 0 Å². The summed E-state index contributed by atoms with van der Waals surface area (Å²) in [5, 5.41) is 3.65. The molecular weight excluding hydrogens is 240 g/mol. The predicted molar refractivity (Wildman–Crippen MR) is 84.5 cm³/mol. The molecule has 1 atom stereocenters. The monoisotopic (exact) mass is 272 g/mol. The molecule has 18 heavy (non-hydrogen) atoms. The number of nitrogens with zero attached hydrogens (tertiary/aromatic N) is 1. The van der Waals surface area contributed by atoms with Crippen LogP contribution in [0.2, 0.25) is 0 Å². The topological polar surface area (TPSA) is 15.3 Å². The van der Waals surface area contributed by atoms with Gasteiger partial charge in [-0.2, -0.15) is 11.8 Å². The lowest BCUT2D eigenvalue weighted by Gasteiger charge is -2.42. The van der Waals surface area contributed by atoms with Gasteiger partial charge in [0.2, 0.25) is 0 Å². The minimum Gasteiger partial charge on any atom is -0.316 e. The summed E-state index contributed by atoms with van der Waals surface area (Å²) in [6, 6.07) is 0.757. The highest BCUT2D eigenvalue weighted by molar-refractivity contribution is 7.99. The van der Waals surface area contributed by atoms with E-state index in [2.05, 4.69) is 49.7 Å². The standard InChI is InChI=1S/C15H32N2S/c1-5-8-16-12-15(6-2,7-3)13-17-9-10-18-11-14(17)4/h14,16H,5-13H2,1-4H3. The third-order valence-electron chi connectivity index (χ3n) is 4.47. The van der Waals surface area contributed by atoms with Crippen LogP contribution in [0.5, 0.6) is 0 Å². The fraction of sp³-hybridized carbons (Fsp3) is 1.00. The Bertz CT molecular complexity index is 217. The van der Waals surface area contributed by atoms with Crippen LogP contribution < -0.4 is 5.32 Å². The molecular formula is C15H32N2S. The first-order chi connectivity index (χ1) is 8.67. The molecule has 0 radical (unpaired) electrons. The molecule has 1 fully saturated rings. The van der Waals surface area contributed by atoms with Gasteiger partial charge in [0.25, 0.3) is 0 Å². The van der Waals surface area contributed by atoms with Crippen molar-refractivity contribution in [2.45, 2.75) is 53.0 Å². The minimum absolute atomic E-state index is 0.478. The van der Waals surface area contributed by atoms with Crippen LogP contribution in [-0.2, 0) is 0 Å². The first-order valence-corrected chi connectivity index (χ1v) is 8.85. The summed E-state index contributed by atoms with van der Waals surface area (Å²) in [4.78, 5) is 2.72. The maximum Gasteiger partial charge on any atom is 0.0158 e. The molecule has 0 aromatic heterocycles. The van der Waals surface area contributed by atoms with Crippen molar-refractivity contribution in [3.8, 4) is 0 Å². The molecule has 1 aliphatic rings. The van der Waals surface area contributed by atoms with Crippen molar-refractivity contribution in [1.29, 1.82) is 0 Å². The molecule has 1 unspecified atom stereocenters. The zero-order chi connectivity index (χ0) is 13.4. The first kappa shape index (κ1) is 16.3. The molecule has 1 rings (SSSR count). The van der Waals surface area contributed by atoms with Gasteiger partial charge >= 0.3 is 0 Å². The van der Waals surface area contributed by atoms with E-state index in [1.807, 2.05) is 0 Å². The van der Waals surface area contributed by atoms with Crippen LogP contribution in [0.25, 0.3) is 0 Å². The Hall–Kier alpha value is 0.270. The number of hydrogen-bond acceptors (Lipinski definition) is 3. The smallest absolute Gasteiger partial charge is 0.0158 e. The average molecular weight is 273 g/mol. The lowest BCUT2D eigenvalue weighted by atomic mass is 9.81. The van der Waals surface area contributed by atoms with Gasteiger partial charge in [0.15, 0.2) is 0 Å². The van der Waals surface area contributed by atoms with Gasteiger partial charge in [0, 0.05) is 37.2 Å². The second kappa shape index (κ2) is 8.44. The molecule has 2 nitrogen and oxygen atoms in total. The van der Waals surface area contributed by atoms with E-state index < -0.39 is 0 Å². The summed E-state index contributed by atoms with van der Waals surface area (Å²) in [7, 11) is 0. The molecule has 0 saturated carbocycles. The largest absolute Gasteiger partial charge is 0.316 e. The number of hydrogen-bond donors (Lipinski definition) is 1. The van der Waals surface area contributed by atoms with Crippen molar-refractivity contribution in [1.82, 2.24) is 10.2 Å². The van der Waals surface area contributed by atoms with Crippen molar-refractivity contribution < 1.29 is 0 Å². The molecule has 1 heterocycles. The molecule has 3 heteroatoms. The van der Waals surface area contributed by atoms with Gasteiger partial charge in [-0.1, -0.05) is 20.8 Å². The fourth-order valence-corrected chi connectivity index (χ4v) is 3.82. The highest BCUT2D eigenvalue weighted by Gasteiger charge is 2.31. The van der Waals surface area contributed by atoms with Crippen LogP contribution in [0.4, 0.5) is 0 Å². The molecule has 1 N–H and O–H groups in total. The zero-order valence-electron chi connectivity index (χ0n) is 12.8. The van der Waals surface area contributed by atoms with E-state index in [-0.39, 0.29) is 0 Å². The Kier molecular flexibility index (Phi) is 7.66. The van der Waals surface area contributed by atoms with Gasteiger partial charge in [0.1, 0.15) is 0 Å². The van der Waals surface area contributed by atoms with Gasteiger partial charge in [-0.05, 0) is 38.1 Å². The van der Waals surface area contributed by atoms with Crippen LogP contribution in [0.1, 0.15) is 47.0 Å². The minimum atomic E-state index is 0.478. The maximum atomic E-state index is 3.65. The first-order valence-electron chi connectivity index (χ1n) is 7.70. The molecule has 0 aromatic carbocycles. The highest BCUT2D eigenvalue weighted by Crippen LogP contribution is 2.29. The van der Waals surface area contributed by atoms with E-state index in [4.69, 9.17) is 0 Å². The molecule has 0 aromatic rings. The van der Waals surface area contributed by atoms with Crippen LogP contribution in [0.3, 0.4) is 0 Å². The predicted octanol–water partition coefficient (Wildman–Crippen LogP) is 3.23. The Morgan fingerprint density at radius 2 is 2.00 bits per heavy atom. The Balaban J connectivity index is 2.53.